The lowest BCUT2D eigenvalue weighted by Gasteiger charge is -2.39. The maximum Gasteiger partial charge on any atom is 0.419 e. The predicted octanol–water partition coefficient (Wildman–Crippen LogP) is 3.36. The van der Waals surface area contributed by atoms with Crippen LogP contribution in [0.25, 0.3) is 0 Å². The molecule has 194 valence electrons. The summed E-state index contributed by atoms with van der Waals surface area (Å²) < 4.78 is 53.6. The number of aliphatic hydroxyl groups excluding tert-OH is 1. The van der Waals surface area contributed by atoms with Crippen molar-refractivity contribution in [1.82, 2.24) is 20.2 Å². The second-order valence-corrected chi connectivity index (χ2v) is 9.88. The molecule has 2 unspecified atom stereocenters. The first-order chi connectivity index (χ1) is 17.1. The first-order valence-corrected chi connectivity index (χ1v) is 12.3. The lowest BCUT2D eigenvalue weighted by molar-refractivity contribution is -0.140. The molecule has 0 saturated carbocycles. The smallest absolute Gasteiger partial charge is 0.387 e. The number of hydrogen-bond acceptors (Lipinski definition) is 6. The number of anilines is 1. The summed E-state index contributed by atoms with van der Waals surface area (Å²) in [6, 6.07) is 2.54. The molecule has 0 bridgehead atoms. The number of benzene rings is 1. The maximum absolute atomic E-state index is 14.4. The summed E-state index contributed by atoms with van der Waals surface area (Å²) in [5.74, 6) is -1.46. The van der Waals surface area contributed by atoms with Gasteiger partial charge in [-0.25, -0.2) is 14.4 Å². The molecule has 3 aliphatic rings. The van der Waals surface area contributed by atoms with E-state index in [2.05, 4.69) is 20.2 Å². The molecule has 2 aliphatic heterocycles. The number of hydrogen-bond donors (Lipinski definition) is 2. The third-order valence-corrected chi connectivity index (χ3v) is 7.59. The summed E-state index contributed by atoms with van der Waals surface area (Å²) in [7, 11) is 0. The number of carbonyl (C=O) groups is 1. The summed E-state index contributed by atoms with van der Waals surface area (Å²) in [5, 5.41) is 13.6. The second-order valence-electron chi connectivity index (χ2n) is 9.88. The third kappa shape index (κ3) is 4.54. The van der Waals surface area contributed by atoms with Crippen LogP contribution in [-0.2, 0) is 11.0 Å². The highest BCUT2D eigenvalue weighted by molar-refractivity contribution is 5.85. The summed E-state index contributed by atoms with van der Waals surface area (Å²) in [6.45, 7) is 4.58. The zero-order valence-electron chi connectivity index (χ0n) is 19.9. The van der Waals surface area contributed by atoms with Crippen molar-refractivity contribution in [3.63, 3.8) is 0 Å². The van der Waals surface area contributed by atoms with Gasteiger partial charge in [-0.1, -0.05) is 13.0 Å². The summed E-state index contributed by atoms with van der Waals surface area (Å²) in [5.41, 5.74) is 0.520. The molecule has 2 N–H and O–H groups in total. The Balaban J connectivity index is 1.35. The van der Waals surface area contributed by atoms with Crippen LogP contribution in [0.5, 0.6) is 0 Å². The lowest BCUT2D eigenvalue weighted by atomic mass is 9.88. The first-order valence-electron chi connectivity index (χ1n) is 12.3. The molecule has 11 heteroatoms. The van der Waals surface area contributed by atoms with Crippen LogP contribution in [0.3, 0.4) is 0 Å². The molecular weight excluding hydrogens is 478 g/mol. The SMILES string of the molecule is C[C@@H]1C[C@@H](O)c2ncnc(N3CCN(C(=O)C(c4ccc(C(F)(F)F)c(F)c4)C4CCCN4)CC3)c21. The van der Waals surface area contributed by atoms with Crippen LogP contribution >= 0.6 is 0 Å². The number of nitrogens with one attached hydrogen (secondary N) is 1. The van der Waals surface area contributed by atoms with Crippen molar-refractivity contribution in [2.75, 3.05) is 37.6 Å². The van der Waals surface area contributed by atoms with Gasteiger partial charge in [-0.05, 0) is 49.4 Å². The van der Waals surface area contributed by atoms with Crippen LogP contribution < -0.4 is 10.2 Å². The topological polar surface area (TPSA) is 81.6 Å². The van der Waals surface area contributed by atoms with Gasteiger partial charge in [-0.2, -0.15) is 13.2 Å². The van der Waals surface area contributed by atoms with Gasteiger partial charge in [0, 0.05) is 37.8 Å². The summed E-state index contributed by atoms with van der Waals surface area (Å²) in [4.78, 5) is 26.2. The fourth-order valence-corrected chi connectivity index (χ4v) is 5.79. The van der Waals surface area contributed by atoms with Gasteiger partial charge in [-0.3, -0.25) is 4.79 Å². The molecule has 2 aromatic rings. The monoisotopic (exact) mass is 507 g/mol. The summed E-state index contributed by atoms with van der Waals surface area (Å²) in [6.07, 6.45) is -1.82. The first kappa shape index (κ1) is 24.9. The molecule has 7 nitrogen and oxygen atoms in total. The molecule has 1 aromatic carbocycles. The average Bonchev–Trinajstić information content (AvgIpc) is 3.47. The second kappa shape index (κ2) is 9.59. The van der Waals surface area contributed by atoms with Crippen molar-refractivity contribution in [2.45, 2.75) is 56.3 Å². The van der Waals surface area contributed by atoms with E-state index in [4.69, 9.17) is 0 Å². The Kier molecular flexibility index (Phi) is 6.63. The Hall–Kier alpha value is -2.79. The van der Waals surface area contributed by atoms with Crippen molar-refractivity contribution in [2.24, 2.45) is 0 Å². The summed E-state index contributed by atoms with van der Waals surface area (Å²) >= 11 is 0. The van der Waals surface area contributed by atoms with Crippen molar-refractivity contribution in [3.05, 3.63) is 52.7 Å². The molecule has 5 rings (SSSR count). The van der Waals surface area contributed by atoms with E-state index in [0.29, 0.717) is 51.3 Å². The molecule has 36 heavy (non-hydrogen) atoms. The van der Waals surface area contributed by atoms with Crippen molar-refractivity contribution in [1.29, 1.82) is 0 Å². The Morgan fingerprint density at radius 2 is 1.94 bits per heavy atom. The molecule has 1 aromatic heterocycles. The predicted molar refractivity (Wildman–Crippen MR) is 124 cm³/mol. The number of aliphatic hydroxyl groups is 1. The number of rotatable bonds is 4. The van der Waals surface area contributed by atoms with Crippen LogP contribution in [0.1, 0.15) is 66.5 Å². The Morgan fingerprint density at radius 3 is 2.58 bits per heavy atom. The highest BCUT2D eigenvalue weighted by Gasteiger charge is 2.39. The van der Waals surface area contributed by atoms with E-state index in [1.165, 1.54) is 12.4 Å². The zero-order valence-corrected chi connectivity index (χ0v) is 19.9. The zero-order chi connectivity index (χ0) is 25.6. The lowest BCUT2D eigenvalue weighted by Crippen LogP contribution is -2.52. The van der Waals surface area contributed by atoms with Crippen LogP contribution in [0.15, 0.2) is 24.5 Å². The fourth-order valence-electron chi connectivity index (χ4n) is 5.79. The number of aromatic nitrogens is 2. The number of fused-ring (bicyclic) bond motifs is 1. The quantitative estimate of drug-likeness (QED) is 0.618. The molecular formula is C25H29F4N5O2. The third-order valence-electron chi connectivity index (χ3n) is 7.59. The fraction of sp³-hybridized carbons (Fsp3) is 0.560. The van der Waals surface area contributed by atoms with Crippen molar-refractivity contribution < 1.29 is 27.5 Å². The van der Waals surface area contributed by atoms with Crippen LogP contribution in [-0.4, -0.2) is 64.6 Å². The van der Waals surface area contributed by atoms with E-state index >= 15 is 0 Å². The van der Waals surface area contributed by atoms with Crippen LogP contribution in [0.4, 0.5) is 23.4 Å². The van der Waals surface area contributed by atoms with Crippen molar-refractivity contribution in [3.8, 4) is 0 Å². The number of amides is 1. The van der Waals surface area contributed by atoms with E-state index in [0.717, 1.165) is 29.9 Å². The van der Waals surface area contributed by atoms with Gasteiger partial charge in [0.15, 0.2) is 0 Å². The van der Waals surface area contributed by atoms with Gasteiger partial charge in [0.1, 0.15) is 18.0 Å². The van der Waals surface area contributed by atoms with Crippen LogP contribution in [0, 0.1) is 5.82 Å². The minimum Gasteiger partial charge on any atom is -0.387 e. The number of nitrogens with zero attached hydrogens (tertiary/aromatic N) is 4. The molecule has 1 aliphatic carbocycles. The minimum absolute atomic E-state index is 0.123. The van der Waals surface area contributed by atoms with E-state index in [1.807, 2.05) is 6.92 Å². The molecule has 2 saturated heterocycles. The molecule has 4 atom stereocenters. The number of piperazine rings is 1. The Labute approximate surface area is 206 Å². The number of carbonyl (C=O) groups excluding carboxylic acids is 1. The van der Waals surface area contributed by atoms with Gasteiger partial charge in [0.2, 0.25) is 5.91 Å². The van der Waals surface area contributed by atoms with Gasteiger partial charge in [0.25, 0.3) is 0 Å². The highest BCUT2D eigenvalue weighted by Crippen LogP contribution is 2.43. The normalized spacial score (nSPS) is 25.2. The van der Waals surface area contributed by atoms with Crippen molar-refractivity contribution >= 4 is 11.7 Å². The number of halogens is 4. The Bertz CT molecular complexity index is 1130. The van der Waals surface area contributed by atoms with E-state index in [-0.39, 0.29) is 23.4 Å². The largest absolute Gasteiger partial charge is 0.419 e. The molecule has 3 heterocycles. The van der Waals surface area contributed by atoms with Gasteiger partial charge in [0.05, 0.1) is 23.3 Å². The standard InChI is InChI=1S/C25H29F4N5O2/c1-14-11-19(35)22-20(14)23(32-13-31-22)33-7-9-34(10-8-33)24(36)21(18-3-2-6-30-18)15-4-5-16(17(26)12-15)25(27,28)29/h4-5,12-14,18-19,21,30,35H,2-3,6-11H2,1H3/t14-,18?,19-,21?/m1/s1. The van der Waals surface area contributed by atoms with Gasteiger partial charge >= 0.3 is 6.18 Å². The van der Waals surface area contributed by atoms with Gasteiger partial charge in [-0.15, -0.1) is 0 Å². The van der Waals surface area contributed by atoms with E-state index < -0.39 is 29.6 Å². The highest BCUT2D eigenvalue weighted by atomic mass is 19.4. The van der Waals surface area contributed by atoms with Crippen LogP contribution in [0.2, 0.25) is 0 Å². The molecule has 0 spiro atoms. The molecule has 0 radical (unpaired) electrons. The molecule has 2 fully saturated rings. The minimum atomic E-state index is -4.79. The van der Waals surface area contributed by atoms with E-state index in [9.17, 15) is 27.5 Å². The average molecular weight is 508 g/mol. The molecule has 1 amide bonds. The number of alkyl halides is 3. The maximum atomic E-state index is 14.4. The van der Waals surface area contributed by atoms with Gasteiger partial charge < -0.3 is 20.2 Å². The van der Waals surface area contributed by atoms with E-state index in [1.54, 1.807) is 4.90 Å². The Morgan fingerprint density at radius 1 is 1.19 bits per heavy atom.